The molecule has 224 valence electrons. The molecule has 0 spiro atoms. The van der Waals surface area contributed by atoms with Crippen LogP contribution in [0.4, 0.5) is 0 Å². The Labute approximate surface area is 275 Å². The van der Waals surface area contributed by atoms with Crippen molar-refractivity contribution in [2.75, 3.05) is 0 Å². The zero-order valence-electron chi connectivity index (χ0n) is 25.7. The second-order valence-corrected chi connectivity index (χ2v) is 12.1. The summed E-state index contributed by atoms with van der Waals surface area (Å²) in [6.45, 7) is 0. The van der Waals surface area contributed by atoms with Crippen LogP contribution < -0.4 is 0 Å². The van der Waals surface area contributed by atoms with Crippen LogP contribution in [-0.4, -0.2) is 9.97 Å². The van der Waals surface area contributed by atoms with Crippen molar-refractivity contribution >= 4 is 54.8 Å². The van der Waals surface area contributed by atoms with Crippen molar-refractivity contribution in [3.8, 4) is 44.9 Å². The normalized spacial score (nSPS) is 11.8. The topological polar surface area (TPSA) is 52.1 Å². The van der Waals surface area contributed by atoms with Gasteiger partial charge in [0.1, 0.15) is 28.0 Å². The van der Waals surface area contributed by atoms with E-state index in [4.69, 9.17) is 18.8 Å². The maximum Gasteiger partial charge on any atom is 0.180 e. The molecule has 0 unspecified atom stereocenters. The molecule has 4 nitrogen and oxygen atoms in total. The van der Waals surface area contributed by atoms with Gasteiger partial charge in [-0.3, -0.25) is 0 Å². The van der Waals surface area contributed by atoms with E-state index in [1.165, 1.54) is 11.1 Å². The molecule has 0 N–H and O–H groups in total. The fourth-order valence-corrected chi connectivity index (χ4v) is 7.02. The molecule has 0 radical (unpaired) electrons. The number of para-hydroxylation sites is 1. The van der Waals surface area contributed by atoms with Crippen LogP contribution in [0.3, 0.4) is 0 Å². The van der Waals surface area contributed by atoms with Crippen molar-refractivity contribution in [3.63, 3.8) is 0 Å². The molecule has 0 saturated carbocycles. The third-order valence-electron chi connectivity index (χ3n) is 9.29. The fraction of sp³-hybridized carbons (Fsp3) is 0. The third-order valence-corrected chi connectivity index (χ3v) is 9.29. The third kappa shape index (κ3) is 4.16. The molecule has 3 aromatic heterocycles. The Morgan fingerprint density at radius 2 is 1.00 bits per heavy atom. The van der Waals surface area contributed by atoms with Gasteiger partial charge in [-0.05, 0) is 69.4 Å². The van der Waals surface area contributed by atoms with Crippen molar-refractivity contribution in [3.05, 3.63) is 158 Å². The lowest BCUT2D eigenvalue weighted by Crippen LogP contribution is -1.95. The molecule has 10 rings (SSSR count). The SMILES string of the molecule is c1ccc(-c2cccc(-c3ccc4oc5cc(-c6nc(-c7ccccc7)c7oc8ccccc8c7n6)c6ccccc6c5c4c3)c2)cc1. The Kier molecular flexibility index (Phi) is 5.84. The van der Waals surface area contributed by atoms with Gasteiger partial charge in [-0.25, -0.2) is 9.97 Å². The average Bonchev–Trinajstić information content (AvgIpc) is 3.73. The number of benzene rings is 7. The highest BCUT2D eigenvalue weighted by Crippen LogP contribution is 2.42. The maximum atomic E-state index is 6.59. The van der Waals surface area contributed by atoms with E-state index in [1.54, 1.807) is 0 Å². The van der Waals surface area contributed by atoms with Crippen LogP contribution in [0.15, 0.2) is 167 Å². The van der Waals surface area contributed by atoms with Crippen LogP contribution in [-0.2, 0) is 0 Å². The molecule has 0 atom stereocenters. The number of furan rings is 2. The van der Waals surface area contributed by atoms with Gasteiger partial charge in [0.15, 0.2) is 11.4 Å². The lowest BCUT2D eigenvalue weighted by Gasteiger charge is -2.10. The minimum Gasteiger partial charge on any atom is -0.456 e. The molecule has 10 aromatic rings. The lowest BCUT2D eigenvalue weighted by molar-refractivity contribution is 0.667. The molecule has 7 aromatic carbocycles. The summed E-state index contributed by atoms with van der Waals surface area (Å²) in [4.78, 5) is 10.4. The summed E-state index contributed by atoms with van der Waals surface area (Å²) in [5.74, 6) is 0.630. The van der Waals surface area contributed by atoms with E-state index in [0.29, 0.717) is 11.4 Å². The Bertz CT molecular complexity index is 2830. The highest BCUT2D eigenvalue weighted by Gasteiger charge is 2.21. The van der Waals surface area contributed by atoms with E-state index in [2.05, 4.69) is 115 Å². The van der Waals surface area contributed by atoms with Gasteiger partial charge in [0.25, 0.3) is 0 Å². The van der Waals surface area contributed by atoms with Gasteiger partial charge >= 0.3 is 0 Å². The van der Waals surface area contributed by atoms with E-state index in [1.807, 2.05) is 42.5 Å². The van der Waals surface area contributed by atoms with Crippen molar-refractivity contribution in [1.82, 2.24) is 9.97 Å². The van der Waals surface area contributed by atoms with E-state index in [9.17, 15) is 0 Å². The Hall–Kier alpha value is -6.52. The largest absolute Gasteiger partial charge is 0.456 e. The summed E-state index contributed by atoms with van der Waals surface area (Å²) < 4.78 is 13.0. The summed E-state index contributed by atoms with van der Waals surface area (Å²) in [5.41, 5.74) is 11.3. The summed E-state index contributed by atoms with van der Waals surface area (Å²) in [7, 11) is 0. The first-order valence-electron chi connectivity index (χ1n) is 16.1. The van der Waals surface area contributed by atoms with Crippen LogP contribution in [0.2, 0.25) is 0 Å². The summed E-state index contributed by atoms with van der Waals surface area (Å²) in [5, 5.41) is 5.30. The van der Waals surface area contributed by atoms with E-state index < -0.39 is 0 Å². The van der Waals surface area contributed by atoms with Crippen molar-refractivity contribution in [1.29, 1.82) is 0 Å². The molecular formula is C44H26N2O2. The van der Waals surface area contributed by atoms with Gasteiger partial charge in [-0.2, -0.15) is 0 Å². The molecule has 0 fully saturated rings. The van der Waals surface area contributed by atoms with E-state index in [0.717, 1.165) is 77.1 Å². The second-order valence-electron chi connectivity index (χ2n) is 12.1. The smallest absolute Gasteiger partial charge is 0.180 e. The number of nitrogens with zero attached hydrogens (tertiary/aromatic N) is 2. The second kappa shape index (κ2) is 10.5. The number of rotatable bonds is 4. The molecule has 3 heterocycles. The number of hydrogen-bond donors (Lipinski definition) is 0. The summed E-state index contributed by atoms with van der Waals surface area (Å²) in [6.07, 6.45) is 0. The molecule has 0 saturated heterocycles. The predicted octanol–water partition coefficient (Wildman–Crippen LogP) is 12.1. The fourth-order valence-electron chi connectivity index (χ4n) is 7.02. The van der Waals surface area contributed by atoms with Crippen LogP contribution in [0, 0.1) is 0 Å². The number of fused-ring (bicyclic) bond motifs is 8. The van der Waals surface area contributed by atoms with Gasteiger partial charge in [0.2, 0.25) is 0 Å². The molecule has 4 heteroatoms. The Balaban J connectivity index is 1.20. The first kappa shape index (κ1) is 26.7. The minimum atomic E-state index is 0.630. The average molecular weight is 615 g/mol. The Morgan fingerprint density at radius 1 is 0.375 bits per heavy atom. The maximum absolute atomic E-state index is 6.59. The van der Waals surface area contributed by atoms with Gasteiger partial charge in [0.05, 0.1) is 0 Å². The molecule has 0 aliphatic heterocycles. The van der Waals surface area contributed by atoms with Crippen LogP contribution in [0.5, 0.6) is 0 Å². The first-order valence-corrected chi connectivity index (χ1v) is 16.1. The first-order chi connectivity index (χ1) is 23.8. The molecule has 48 heavy (non-hydrogen) atoms. The predicted molar refractivity (Wildman–Crippen MR) is 196 cm³/mol. The highest BCUT2D eigenvalue weighted by molar-refractivity contribution is 6.22. The molecular weight excluding hydrogens is 588 g/mol. The van der Waals surface area contributed by atoms with Gasteiger partial charge in [-0.1, -0.05) is 121 Å². The Morgan fingerprint density at radius 3 is 1.81 bits per heavy atom. The summed E-state index contributed by atoms with van der Waals surface area (Å²) >= 11 is 0. The van der Waals surface area contributed by atoms with Crippen LogP contribution in [0.25, 0.3) is 99.7 Å². The molecule has 0 aliphatic carbocycles. The van der Waals surface area contributed by atoms with Crippen molar-refractivity contribution < 1.29 is 8.83 Å². The van der Waals surface area contributed by atoms with Crippen molar-refractivity contribution in [2.45, 2.75) is 0 Å². The van der Waals surface area contributed by atoms with E-state index in [-0.39, 0.29) is 0 Å². The summed E-state index contributed by atoms with van der Waals surface area (Å²) in [6, 6.07) is 54.5. The zero-order valence-corrected chi connectivity index (χ0v) is 25.7. The van der Waals surface area contributed by atoms with Gasteiger partial charge in [-0.15, -0.1) is 0 Å². The highest BCUT2D eigenvalue weighted by atomic mass is 16.3. The molecule has 0 amide bonds. The quantitative estimate of drug-likeness (QED) is 0.198. The van der Waals surface area contributed by atoms with Gasteiger partial charge < -0.3 is 8.83 Å². The van der Waals surface area contributed by atoms with Gasteiger partial charge in [0, 0.05) is 27.3 Å². The zero-order chi connectivity index (χ0) is 31.6. The minimum absolute atomic E-state index is 0.630. The monoisotopic (exact) mass is 614 g/mol. The lowest BCUT2D eigenvalue weighted by atomic mass is 9.96. The molecule has 0 bridgehead atoms. The van der Waals surface area contributed by atoms with Crippen molar-refractivity contribution in [2.24, 2.45) is 0 Å². The van der Waals surface area contributed by atoms with Crippen LogP contribution >= 0.6 is 0 Å². The molecule has 0 aliphatic rings. The number of hydrogen-bond acceptors (Lipinski definition) is 4. The van der Waals surface area contributed by atoms with Crippen LogP contribution in [0.1, 0.15) is 0 Å². The standard InChI is InChI=1S/C44H26N2O2/c1-3-12-27(13-4-1)29-16-11-17-30(24-29)31-22-23-38-36(25-31)40-33-19-8-7-18-32(33)35(26-39(40)47-38)44-45-41(28-14-5-2-6-15-28)43-42(46-44)34-20-9-10-21-37(34)48-43/h1-26H. The van der Waals surface area contributed by atoms with E-state index >= 15 is 0 Å². The number of aromatic nitrogens is 2.